The summed E-state index contributed by atoms with van der Waals surface area (Å²) >= 11 is 1.74. The van der Waals surface area contributed by atoms with E-state index in [0.717, 1.165) is 42.2 Å². The molecule has 0 aromatic carbocycles. The fraction of sp³-hybridized carbons (Fsp3) is 0.750. The minimum Gasteiger partial charge on any atom is -0.357 e. The van der Waals surface area contributed by atoms with E-state index >= 15 is 0 Å². The Bertz CT molecular complexity index is 497. The van der Waals surface area contributed by atoms with E-state index in [1.807, 2.05) is 6.92 Å². The number of aryl methyl sites for hydroxylation is 2. The van der Waals surface area contributed by atoms with Crippen molar-refractivity contribution in [3.05, 3.63) is 15.6 Å². The van der Waals surface area contributed by atoms with Crippen molar-refractivity contribution in [1.82, 2.24) is 20.5 Å². The summed E-state index contributed by atoms with van der Waals surface area (Å²) in [6.45, 7) is 14.6. The third-order valence-corrected chi connectivity index (χ3v) is 5.16. The first kappa shape index (κ1) is 17.2. The number of hydrogen-bond donors (Lipinski definition) is 2. The molecule has 1 unspecified atom stereocenters. The molecular formula is C16H29N5S. The molecule has 1 aromatic heterocycles. The van der Waals surface area contributed by atoms with Crippen molar-refractivity contribution in [2.45, 2.75) is 40.7 Å². The standard InChI is InChI=1S/C16H29N5S/c1-5-17-16(18-9-14-7-8-21(6-2)11-14)19-10-15-12(3)20-13(4)22-15/h14H,5-11H2,1-4H3,(H2,17,18,19). The lowest BCUT2D eigenvalue weighted by molar-refractivity contribution is 0.342. The van der Waals surface area contributed by atoms with Gasteiger partial charge in [0.2, 0.25) is 0 Å². The second-order valence-corrected chi connectivity index (χ2v) is 7.15. The molecule has 1 atom stereocenters. The van der Waals surface area contributed by atoms with Gasteiger partial charge in [0.15, 0.2) is 5.96 Å². The Morgan fingerprint density at radius 1 is 1.36 bits per heavy atom. The highest BCUT2D eigenvalue weighted by Crippen LogP contribution is 2.18. The van der Waals surface area contributed by atoms with Crippen molar-refractivity contribution in [3.8, 4) is 0 Å². The fourth-order valence-corrected chi connectivity index (χ4v) is 3.68. The van der Waals surface area contributed by atoms with E-state index in [9.17, 15) is 0 Å². The quantitative estimate of drug-likeness (QED) is 0.622. The zero-order chi connectivity index (χ0) is 15.9. The van der Waals surface area contributed by atoms with Crippen molar-refractivity contribution in [1.29, 1.82) is 0 Å². The maximum absolute atomic E-state index is 4.71. The Labute approximate surface area is 138 Å². The molecule has 2 rings (SSSR count). The Morgan fingerprint density at radius 2 is 2.18 bits per heavy atom. The Hall–Kier alpha value is -1.14. The van der Waals surface area contributed by atoms with Crippen molar-refractivity contribution >= 4 is 17.3 Å². The molecule has 0 saturated carbocycles. The summed E-state index contributed by atoms with van der Waals surface area (Å²) in [6.07, 6.45) is 1.29. The van der Waals surface area contributed by atoms with Gasteiger partial charge in [0.1, 0.15) is 0 Å². The van der Waals surface area contributed by atoms with Crippen LogP contribution in [0.4, 0.5) is 0 Å². The van der Waals surface area contributed by atoms with E-state index in [1.54, 1.807) is 11.3 Å². The van der Waals surface area contributed by atoms with Crippen molar-refractivity contribution in [2.75, 3.05) is 32.7 Å². The third-order valence-electron chi connectivity index (χ3n) is 4.10. The predicted octanol–water partition coefficient (Wildman–Crippen LogP) is 2.16. The first-order valence-electron chi connectivity index (χ1n) is 8.29. The zero-order valence-corrected chi connectivity index (χ0v) is 15.1. The largest absolute Gasteiger partial charge is 0.357 e. The van der Waals surface area contributed by atoms with Crippen molar-refractivity contribution in [2.24, 2.45) is 10.9 Å². The summed E-state index contributed by atoms with van der Waals surface area (Å²) in [5.74, 6) is 1.65. The van der Waals surface area contributed by atoms with Gasteiger partial charge in [-0.2, -0.15) is 0 Å². The van der Waals surface area contributed by atoms with Crippen LogP contribution in [0, 0.1) is 19.8 Å². The molecule has 1 saturated heterocycles. The van der Waals surface area contributed by atoms with Crippen LogP contribution in [0.2, 0.25) is 0 Å². The summed E-state index contributed by atoms with van der Waals surface area (Å²) in [5, 5.41) is 7.95. The molecule has 124 valence electrons. The van der Waals surface area contributed by atoms with E-state index in [0.29, 0.717) is 6.54 Å². The van der Waals surface area contributed by atoms with Crippen molar-refractivity contribution < 1.29 is 0 Å². The molecule has 22 heavy (non-hydrogen) atoms. The van der Waals surface area contributed by atoms with Crippen LogP contribution in [0.25, 0.3) is 0 Å². The highest BCUT2D eigenvalue weighted by atomic mass is 32.1. The van der Waals surface area contributed by atoms with Crippen LogP contribution in [0.15, 0.2) is 4.99 Å². The van der Waals surface area contributed by atoms with Crippen LogP contribution in [-0.4, -0.2) is 48.6 Å². The molecule has 5 nitrogen and oxygen atoms in total. The lowest BCUT2D eigenvalue weighted by Gasteiger charge is -2.16. The molecule has 0 aliphatic carbocycles. The number of guanidine groups is 1. The lowest BCUT2D eigenvalue weighted by atomic mass is 10.1. The molecule has 0 spiro atoms. The SMILES string of the molecule is CCNC(=NCc1sc(C)nc1C)NCC1CCN(CC)C1. The molecule has 1 aliphatic heterocycles. The van der Waals surface area contributed by atoms with Gasteiger partial charge in [-0.1, -0.05) is 6.92 Å². The topological polar surface area (TPSA) is 52.6 Å². The van der Waals surface area contributed by atoms with Gasteiger partial charge in [-0.15, -0.1) is 11.3 Å². The highest BCUT2D eigenvalue weighted by Gasteiger charge is 2.20. The molecule has 0 amide bonds. The normalized spacial score (nSPS) is 19.6. The summed E-state index contributed by atoms with van der Waals surface area (Å²) in [5.41, 5.74) is 1.11. The fourth-order valence-electron chi connectivity index (χ4n) is 2.82. The molecule has 6 heteroatoms. The number of aliphatic imine (C=N–C) groups is 1. The van der Waals surface area contributed by atoms with Gasteiger partial charge in [0, 0.05) is 24.5 Å². The summed E-state index contributed by atoms with van der Waals surface area (Å²) in [6, 6.07) is 0. The smallest absolute Gasteiger partial charge is 0.191 e. The minimum absolute atomic E-state index is 0.707. The van der Waals surface area contributed by atoms with Crippen LogP contribution in [0.5, 0.6) is 0 Å². The van der Waals surface area contributed by atoms with Crippen LogP contribution in [0.1, 0.15) is 35.8 Å². The summed E-state index contributed by atoms with van der Waals surface area (Å²) < 4.78 is 0. The summed E-state index contributed by atoms with van der Waals surface area (Å²) in [7, 11) is 0. The number of nitrogens with zero attached hydrogens (tertiary/aromatic N) is 3. The molecule has 1 aromatic rings. The second-order valence-electron chi connectivity index (χ2n) is 5.87. The number of rotatable bonds is 6. The minimum atomic E-state index is 0.707. The molecule has 0 bridgehead atoms. The monoisotopic (exact) mass is 323 g/mol. The third kappa shape index (κ3) is 4.95. The zero-order valence-electron chi connectivity index (χ0n) is 14.3. The van der Waals surface area contributed by atoms with Crippen LogP contribution < -0.4 is 10.6 Å². The van der Waals surface area contributed by atoms with Gasteiger partial charge >= 0.3 is 0 Å². The van der Waals surface area contributed by atoms with E-state index < -0.39 is 0 Å². The van der Waals surface area contributed by atoms with Crippen LogP contribution in [0.3, 0.4) is 0 Å². The number of thiazole rings is 1. The van der Waals surface area contributed by atoms with Gasteiger partial charge in [-0.3, -0.25) is 0 Å². The Kier molecular flexibility index (Phi) is 6.64. The molecule has 1 aliphatic rings. The molecule has 2 N–H and O–H groups in total. The van der Waals surface area contributed by atoms with E-state index in [2.05, 4.69) is 41.3 Å². The van der Waals surface area contributed by atoms with Gasteiger partial charge in [0.05, 0.1) is 17.2 Å². The number of hydrogen-bond acceptors (Lipinski definition) is 4. The number of aromatic nitrogens is 1. The predicted molar refractivity (Wildman–Crippen MR) is 94.6 cm³/mol. The summed E-state index contributed by atoms with van der Waals surface area (Å²) in [4.78, 5) is 12.9. The Morgan fingerprint density at radius 3 is 2.77 bits per heavy atom. The van der Waals surface area contributed by atoms with Gasteiger partial charge in [-0.05, 0) is 46.2 Å². The number of nitrogens with one attached hydrogen (secondary N) is 2. The second kappa shape index (κ2) is 8.48. The van der Waals surface area contributed by atoms with Gasteiger partial charge in [-0.25, -0.2) is 9.98 Å². The maximum Gasteiger partial charge on any atom is 0.191 e. The van der Waals surface area contributed by atoms with Gasteiger partial charge in [0.25, 0.3) is 0 Å². The van der Waals surface area contributed by atoms with E-state index in [-0.39, 0.29) is 0 Å². The molecule has 0 radical (unpaired) electrons. The first-order valence-corrected chi connectivity index (χ1v) is 9.11. The maximum atomic E-state index is 4.71. The average molecular weight is 324 g/mol. The Balaban J connectivity index is 1.86. The number of likely N-dealkylation sites (tertiary alicyclic amines) is 1. The first-order chi connectivity index (χ1) is 10.6. The molecule has 1 fully saturated rings. The van der Waals surface area contributed by atoms with E-state index in [1.165, 1.54) is 24.4 Å². The van der Waals surface area contributed by atoms with Crippen LogP contribution >= 0.6 is 11.3 Å². The lowest BCUT2D eigenvalue weighted by Crippen LogP contribution is -2.40. The van der Waals surface area contributed by atoms with Gasteiger partial charge < -0.3 is 15.5 Å². The van der Waals surface area contributed by atoms with E-state index in [4.69, 9.17) is 4.99 Å². The van der Waals surface area contributed by atoms with Crippen LogP contribution in [-0.2, 0) is 6.54 Å². The highest BCUT2D eigenvalue weighted by molar-refractivity contribution is 7.11. The molecule has 2 heterocycles. The molecular weight excluding hydrogens is 294 g/mol. The average Bonchev–Trinajstić information content (AvgIpc) is 3.08. The van der Waals surface area contributed by atoms with Crippen molar-refractivity contribution in [3.63, 3.8) is 0 Å².